The van der Waals surface area contributed by atoms with Crippen molar-refractivity contribution < 1.29 is 20.1 Å². The molecule has 2 rings (SSSR count). The minimum Gasteiger partial charge on any atom is -0.481 e. The lowest BCUT2D eigenvalue weighted by Gasteiger charge is -2.25. The van der Waals surface area contributed by atoms with Gasteiger partial charge in [-0.3, -0.25) is 4.79 Å². The third-order valence-electron chi connectivity index (χ3n) is 5.87. The predicted molar refractivity (Wildman–Crippen MR) is 104 cm³/mol. The number of aliphatic carboxylic acids is 1. The van der Waals surface area contributed by atoms with Gasteiger partial charge in [0, 0.05) is 17.7 Å². The number of unbranched alkanes of at least 4 members (excludes halogenated alkanes) is 1. The first-order valence-corrected chi connectivity index (χ1v) is 10.5. The second-order valence-corrected chi connectivity index (χ2v) is 8.39. The van der Waals surface area contributed by atoms with Crippen molar-refractivity contribution in [3.05, 3.63) is 24.3 Å². The van der Waals surface area contributed by atoms with E-state index in [1.165, 1.54) is 19.3 Å². The zero-order valence-electron chi connectivity index (χ0n) is 15.5. The Hall–Kier alpha value is -0.840. The molecular weight excluding hydrogens is 352 g/mol. The van der Waals surface area contributed by atoms with E-state index in [1.807, 2.05) is 18.2 Å². The molecule has 0 radical (unpaired) electrons. The fraction of sp³-hybridized carbons (Fsp3) is 0.762. The number of carbonyl (C=O) groups is 1. The first kappa shape index (κ1) is 21.5. The van der Waals surface area contributed by atoms with Crippen LogP contribution in [0, 0.1) is 17.8 Å². The molecular formula is C21H33ClO4. The molecule has 2 aliphatic carbocycles. The Morgan fingerprint density at radius 2 is 1.92 bits per heavy atom. The molecule has 0 unspecified atom stereocenters. The minimum atomic E-state index is -0.764. The van der Waals surface area contributed by atoms with Crippen molar-refractivity contribution in [2.24, 2.45) is 17.8 Å². The highest BCUT2D eigenvalue weighted by Crippen LogP contribution is 2.39. The summed E-state index contributed by atoms with van der Waals surface area (Å²) >= 11 is 6.45. The Morgan fingerprint density at radius 1 is 1.19 bits per heavy atom. The van der Waals surface area contributed by atoms with Gasteiger partial charge in [-0.1, -0.05) is 43.6 Å². The molecule has 0 aromatic heterocycles. The molecule has 0 bridgehead atoms. The maximum Gasteiger partial charge on any atom is 0.303 e. The molecule has 0 saturated heterocycles. The summed E-state index contributed by atoms with van der Waals surface area (Å²) in [7, 11) is 0. The lowest BCUT2D eigenvalue weighted by Crippen LogP contribution is -2.23. The van der Waals surface area contributed by atoms with Crippen LogP contribution in [0.15, 0.2) is 24.3 Å². The van der Waals surface area contributed by atoms with Crippen molar-refractivity contribution >= 4 is 17.6 Å². The summed E-state index contributed by atoms with van der Waals surface area (Å²) in [6.07, 6.45) is 15.8. The van der Waals surface area contributed by atoms with E-state index in [4.69, 9.17) is 16.7 Å². The SMILES string of the molecule is O=C(O)CCC/C=C\C[C@@H]1[C@@H](/C=C/[C@@H](O)C2CCCCC2)[C@H](O)C[C@H]1Cl. The van der Waals surface area contributed by atoms with Gasteiger partial charge in [-0.05, 0) is 50.4 Å². The van der Waals surface area contributed by atoms with Crippen molar-refractivity contribution in [1.29, 1.82) is 0 Å². The number of alkyl halides is 1. The Bertz CT molecular complexity index is 484. The standard InChI is InChI=1S/C21H33ClO4/c22-18-14-20(24)17(12-13-19(23)15-8-4-3-5-9-15)16(18)10-6-1-2-7-11-21(25)26/h1,6,12-13,15-20,23-24H,2-5,7-11,14H2,(H,25,26)/b6-1-,13-12+/t16-,17-,18-,19-,20-/m1/s1. The second-order valence-electron chi connectivity index (χ2n) is 7.83. The fourth-order valence-corrected chi connectivity index (χ4v) is 4.74. The monoisotopic (exact) mass is 384 g/mol. The van der Waals surface area contributed by atoms with Gasteiger partial charge in [0.25, 0.3) is 0 Å². The van der Waals surface area contributed by atoms with Crippen molar-refractivity contribution in [3.8, 4) is 0 Å². The highest BCUT2D eigenvalue weighted by atomic mass is 35.5. The van der Waals surface area contributed by atoms with Gasteiger partial charge in [0.15, 0.2) is 0 Å². The van der Waals surface area contributed by atoms with Gasteiger partial charge < -0.3 is 15.3 Å². The number of hydrogen-bond donors (Lipinski definition) is 3. The molecule has 0 aromatic rings. The molecule has 0 spiro atoms. The normalized spacial score (nSPS) is 31.8. The number of hydrogen-bond acceptors (Lipinski definition) is 3. The minimum absolute atomic E-state index is 0.0283. The van der Waals surface area contributed by atoms with Crippen LogP contribution in [0.25, 0.3) is 0 Å². The van der Waals surface area contributed by atoms with Gasteiger partial charge in [-0.2, -0.15) is 0 Å². The zero-order chi connectivity index (χ0) is 18.9. The maximum absolute atomic E-state index is 10.5. The molecule has 5 heteroatoms. The van der Waals surface area contributed by atoms with E-state index in [9.17, 15) is 15.0 Å². The Labute approximate surface area is 161 Å². The average Bonchev–Trinajstić information content (AvgIpc) is 2.89. The smallest absolute Gasteiger partial charge is 0.303 e. The molecule has 0 amide bonds. The molecule has 2 aliphatic rings. The molecule has 2 saturated carbocycles. The first-order chi connectivity index (χ1) is 12.5. The quantitative estimate of drug-likeness (QED) is 0.315. The topological polar surface area (TPSA) is 77.8 Å². The van der Waals surface area contributed by atoms with E-state index in [0.29, 0.717) is 18.8 Å². The Balaban J connectivity index is 1.84. The van der Waals surface area contributed by atoms with Gasteiger partial charge in [0.1, 0.15) is 0 Å². The van der Waals surface area contributed by atoms with Crippen LogP contribution in [0.2, 0.25) is 0 Å². The molecule has 26 heavy (non-hydrogen) atoms. The van der Waals surface area contributed by atoms with Crippen LogP contribution < -0.4 is 0 Å². The molecule has 4 nitrogen and oxygen atoms in total. The van der Waals surface area contributed by atoms with Crippen LogP contribution in [-0.2, 0) is 4.79 Å². The zero-order valence-corrected chi connectivity index (χ0v) is 16.2. The lowest BCUT2D eigenvalue weighted by atomic mass is 9.84. The number of allylic oxidation sites excluding steroid dienone is 2. The van der Waals surface area contributed by atoms with Gasteiger partial charge in [0.2, 0.25) is 0 Å². The predicted octanol–water partition coefficient (Wildman–Crippen LogP) is 4.29. The van der Waals surface area contributed by atoms with Crippen LogP contribution in [0.3, 0.4) is 0 Å². The summed E-state index contributed by atoms with van der Waals surface area (Å²) in [4.78, 5) is 10.5. The van der Waals surface area contributed by atoms with E-state index < -0.39 is 18.2 Å². The second kappa shape index (κ2) is 11.1. The van der Waals surface area contributed by atoms with Crippen LogP contribution in [-0.4, -0.2) is 38.9 Å². The van der Waals surface area contributed by atoms with Crippen molar-refractivity contribution in [3.63, 3.8) is 0 Å². The largest absolute Gasteiger partial charge is 0.481 e. The summed E-state index contributed by atoms with van der Waals surface area (Å²) < 4.78 is 0. The molecule has 0 aromatic carbocycles. The number of aliphatic hydroxyl groups is 2. The van der Waals surface area contributed by atoms with E-state index in [2.05, 4.69) is 6.08 Å². The van der Waals surface area contributed by atoms with Crippen molar-refractivity contribution in [1.82, 2.24) is 0 Å². The highest BCUT2D eigenvalue weighted by Gasteiger charge is 2.39. The summed E-state index contributed by atoms with van der Waals surface area (Å²) in [5.74, 6) is -0.297. The molecule has 5 atom stereocenters. The Morgan fingerprint density at radius 3 is 2.62 bits per heavy atom. The fourth-order valence-electron chi connectivity index (χ4n) is 4.28. The third-order valence-corrected chi connectivity index (χ3v) is 6.37. The van der Waals surface area contributed by atoms with E-state index in [0.717, 1.165) is 25.7 Å². The number of rotatable bonds is 9. The summed E-state index contributed by atoms with van der Waals surface area (Å²) in [5, 5.41) is 29.3. The van der Waals surface area contributed by atoms with Crippen LogP contribution in [0.5, 0.6) is 0 Å². The highest BCUT2D eigenvalue weighted by molar-refractivity contribution is 6.21. The van der Waals surface area contributed by atoms with E-state index >= 15 is 0 Å². The molecule has 148 valence electrons. The van der Waals surface area contributed by atoms with E-state index in [-0.39, 0.29) is 23.6 Å². The average molecular weight is 385 g/mol. The van der Waals surface area contributed by atoms with Crippen LogP contribution in [0.4, 0.5) is 0 Å². The molecule has 0 heterocycles. The van der Waals surface area contributed by atoms with Crippen molar-refractivity contribution in [2.45, 2.75) is 81.8 Å². The van der Waals surface area contributed by atoms with Gasteiger partial charge in [-0.15, -0.1) is 11.6 Å². The molecule has 2 fully saturated rings. The number of halogens is 1. The van der Waals surface area contributed by atoms with Gasteiger partial charge >= 0.3 is 5.97 Å². The number of aliphatic hydroxyl groups excluding tert-OH is 2. The summed E-state index contributed by atoms with van der Waals surface area (Å²) in [6, 6.07) is 0. The van der Waals surface area contributed by atoms with Crippen LogP contribution in [0.1, 0.15) is 64.2 Å². The molecule has 3 N–H and O–H groups in total. The van der Waals surface area contributed by atoms with Gasteiger partial charge in [0.05, 0.1) is 12.2 Å². The lowest BCUT2D eigenvalue weighted by molar-refractivity contribution is -0.137. The maximum atomic E-state index is 10.5. The molecule has 0 aliphatic heterocycles. The van der Waals surface area contributed by atoms with Crippen LogP contribution >= 0.6 is 11.6 Å². The number of carboxylic acid groups (broad SMARTS) is 1. The van der Waals surface area contributed by atoms with Crippen molar-refractivity contribution in [2.75, 3.05) is 0 Å². The Kier molecular flexibility index (Phi) is 9.17. The van der Waals surface area contributed by atoms with Gasteiger partial charge in [-0.25, -0.2) is 0 Å². The third kappa shape index (κ3) is 6.71. The summed E-state index contributed by atoms with van der Waals surface area (Å²) in [6.45, 7) is 0. The van der Waals surface area contributed by atoms with E-state index in [1.54, 1.807) is 0 Å². The summed E-state index contributed by atoms with van der Waals surface area (Å²) in [5.41, 5.74) is 0. The first-order valence-electron chi connectivity index (χ1n) is 10.0. The number of carboxylic acids is 1.